The Morgan fingerprint density at radius 2 is 1.71 bits per heavy atom. The first kappa shape index (κ1) is 26.6. The van der Waals surface area contributed by atoms with E-state index in [1.807, 2.05) is 80.5 Å². The quantitative estimate of drug-likeness (QED) is 0.219. The molecule has 38 heavy (non-hydrogen) atoms. The molecular weight excluding hydrogens is 482 g/mol. The molecule has 1 aliphatic heterocycles. The number of nitro benzene ring substituents is 1. The lowest BCUT2D eigenvalue weighted by Gasteiger charge is -2.25. The van der Waals surface area contributed by atoms with Crippen molar-refractivity contribution in [1.29, 1.82) is 0 Å². The first-order valence-corrected chi connectivity index (χ1v) is 12.5. The molecule has 1 aliphatic rings. The number of rotatable bonds is 10. The van der Waals surface area contributed by atoms with E-state index < -0.39 is 4.92 Å². The van der Waals surface area contributed by atoms with Gasteiger partial charge in [0.1, 0.15) is 0 Å². The molecule has 0 atom stereocenters. The predicted molar refractivity (Wildman–Crippen MR) is 151 cm³/mol. The van der Waals surface area contributed by atoms with Crippen LogP contribution in [0.25, 0.3) is 11.3 Å². The van der Waals surface area contributed by atoms with Crippen molar-refractivity contribution in [2.75, 3.05) is 42.7 Å². The van der Waals surface area contributed by atoms with Crippen molar-refractivity contribution in [2.45, 2.75) is 19.8 Å². The maximum atomic E-state index is 13.1. The number of likely N-dealkylation sites (N-methyl/N-ethyl adjacent to an activating group) is 1. The van der Waals surface area contributed by atoms with E-state index in [1.165, 1.54) is 12.1 Å². The van der Waals surface area contributed by atoms with E-state index in [9.17, 15) is 19.7 Å². The van der Waals surface area contributed by atoms with E-state index in [4.69, 9.17) is 0 Å². The SMILES string of the molecule is CCCC(=O)N(CCN(C)C)c1ccc(N/C(=C2\C(=O)Nc3ccc([N+](=O)[O-])cc32)c2ccccc2)cc1. The molecule has 0 spiro atoms. The number of carbonyl (C=O) groups is 2. The lowest BCUT2D eigenvalue weighted by Crippen LogP contribution is -2.36. The minimum absolute atomic E-state index is 0.0722. The highest BCUT2D eigenvalue weighted by atomic mass is 16.6. The fourth-order valence-electron chi connectivity index (χ4n) is 4.32. The number of non-ortho nitro benzene ring substituents is 1. The van der Waals surface area contributed by atoms with Crippen molar-refractivity contribution >= 4 is 45.8 Å². The minimum Gasteiger partial charge on any atom is -0.354 e. The number of carbonyl (C=O) groups excluding carboxylic acids is 2. The number of hydrogen-bond donors (Lipinski definition) is 2. The van der Waals surface area contributed by atoms with Crippen LogP contribution in [-0.4, -0.2) is 48.8 Å². The molecule has 0 saturated carbocycles. The van der Waals surface area contributed by atoms with Crippen molar-refractivity contribution in [1.82, 2.24) is 4.90 Å². The zero-order valence-electron chi connectivity index (χ0n) is 21.7. The van der Waals surface area contributed by atoms with Gasteiger partial charge in [-0.2, -0.15) is 0 Å². The summed E-state index contributed by atoms with van der Waals surface area (Å²) in [5.74, 6) is -0.272. The largest absolute Gasteiger partial charge is 0.354 e. The Bertz CT molecular complexity index is 1370. The summed E-state index contributed by atoms with van der Waals surface area (Å²) in [5.41, 5.74) is 4.01. The third-order valence-electron chi connectivity index (χ3n) is 6.26. The average molecular weight is 514 g/mol. The molecule has 0 aliphatic carbocycles. The summed E-state index contributed by atoms with van der Waals surface area (Å²) in [6, 6.07) is 21.2. The second-order valence-corrected chi connectivity index (χ2v) is 9.33. The normalized spacial score (nSPS) is 13.6. The van der Waals surface area contributed by atoms with Crippen molar-refractivity contribution in [2.24, 2.45) is 0 Å². The standard InChI is InChI=1S/C29H31N5O4/c1-4-8-26(35)33(18-17-32(2)3)22-13-11-21(12-14-22)30-28(20-9-6-5-7-10-20)27-24-19-23(34(37)38)15-16-25(24)31-29(27)36/h5-7,9-16,19,30H,4,8,17-18H2,1-3H3,(H,31,36)/b28-27-. The molecule has 3 aromatic rings. The van der Waals surface area contributed by atoms with Crippen LogP contribution in [0.1, 0.15) is 30.9 Å². The molecule has 196 valence electrons. The van der Waals surface area contributed by atoms with Gasteiger partial charge in [0.2, 0.25) is 5.91 Å². The number of nitrogens with one attached hydrogen (secondary N) is 2. The van der Waals surface area contributed by atoms with E-state index in [0.29, 0.717) is 41.2 Å². The van der Waals surface area contributed by atoms with Gasteiger partial charge in [0.25, 0.3) is 11.6 Å². The fraction of sp³-hybridized carbons (Fsp3) is 0.241. The Morgan fingerprint density at radius 1 is 1.00 bits per heavy atom. The van der Waals surface area contributed by atoms with Gasteiger partial charge in [0, 0.05) is 54.3 Å². The van der Waals surface area contributed by atoms with Crippen LogP contribution in [0, 0.1) is 10.1 Å². The average Bonchev–Trinajstić information content (AvgIpc) is 3.23. The Hall–Kier alpha value is -4.50. The van der Waals surface area contributed by atoms with Crippen LogP contribution >= 0.6 is 0 Å². The molecule has 0 fully saturated rings. The molecular formula is C29H31N5O4. The van der Waals surface area contributed by atoms with Gasteiger partial charge >= 0.3 is 0 Å². The maximum absolute atomic E-state index is 13.1. The van der Waals surface area contributed by atoms with Gasteiger partial charge in [-0.15, -0.1) is 0 Å². The highest BCUT2D eigenvalue weighted by molar-refractivity contribution is 6.37. The lowest BCUT2D eigenvalue weighted by atomic mass is 9.99. The van der Waals surface area contributed by atoms with Crippen LogP contribution in [0.2, 0.25) is 0 Å². The van der Waals surface area contributed by atoms with Gasteiger partial charge in [0.15, 0.2) is 0 Å². The number of anilines is 3. The Balaban J connectivity index is 1.73. The second kappa shape index (κ2) is 11.7. The van der Waals surface area contributed by atoms with Crippen LogP contribution in [0.4, 0.5) is 22.7 Å². The smallest absolute Gasteiger partial charge is 0.270 e. The molecule has 1 heterocycles. The molecule has 0 radical (unpaired) electrons. The summed E-state index contributed by atoms with van der Waals surface area (Å²) in [7, 11) is 3.94. The number of nitro groups is 1. The van der Waals surface area contributed by atoms with Crippen LogP contribution in [-0.2, 0) is 9.59 Å². The molecule has 0 saturated heterocycles. The van der Waals surface area contributed by atoms with Gasteiger partial charge in [-0.1, -0.05) is 37.3 Å². The number of benzene rings is 3. The molecule has 9 heteroatoms. The Kier molecular flexibility index (Phi) is 8.18. The van der Waals surface area contributed by atoms with Gasteiger partial charge < -0.3 is 20.4 Å². The molecule has 3 aromatic carbocycles. The molecule has 0 aromatic heterocycles. The van der Waals surface area contributed by atoms with Gasteiger partial charge in [-0.05, 0) is 56.4 Å². The Labute approximate surface area is 221 Å². The predicted octanol–water partition coefficient (Wildman–Crippen LogP) is 5.22. The molecule has 0 bridgehead atoms. The van der Waals surface area contributed by atoms with Crippen molar-refractivity contribution < 1.29 is 14.5 Å². The summed E-state index contributed by atoms with van der Waals surface area (Å²) in [4.78, 5) is 40.7. The number of fused-ring (bicyclic) bond motifs is 1. The number of nitrogens with zero attached hydrogens (tertiary/aromatic N) is 3. The van der Waals surface area contributed by atoms with E-state index in [2.05, 4.69) is 10.6 Å². The zero-order valence-corrected chi connectivity index (χ0v) is 21.7. The minimum atomic E-state index is -0.475. The van der Waals surface area contributed by atoms with E-state index in [1.54, 1.807) is 11.0 Å². The van der Waals surface area contributed by atoms with Gasteiger partial charge in [-0.3, -0.25) is 19.7 Å². The highest BCUT2D eigenvalue weighted by Gasteiger charge is 2.30. The van der Waals surface area contributed by atoms with E-state index in [-0.39, 0.29) is 17.5 Å². The first-order valence-electron chi connectivity index (χ1n) is 12.5. The zero-order chi connectivity index (χ0) is 27.2. The van der Waals surface area contributed by atoms with Gasteiger partial charge in [-0.25, -0.2) is 0 Å². The Morgan fingerprint density at radius 3 is 2.34 bits per heavy atom. The first-order chi connectivity index (χ1) is 18.3. The van der Waals surface area contributed by atoms with Crippen LogP contribution in [0.15, 0.2) is 72.8 Å². The van der Waals surface area contributed by atoms with Crippen LogP contribution < -0.4 is 15.5 Å². The van der Waals surface area contributed by atoms with Crippen LogP contribution in [0.5, 0.6) is 0 Å². The summed E-state index contributed by atoms with van der Waals surface area (Å²) in [6.45, 7) is 3.30. The summed E-state index contributed by atoms with van der Waals surface area (Å²) in [5, 5.41) is 17.6. The third kappa shape index (κ3) is 5.90. The summed E-state index contributed by atoms with van der Waals surface area (Å²) < 4.78 is 0. The molecule has 2 amide bonds. The van der Waals surface area contributed by atoms with Crippen molar-refractivity contribution in [3.05, 3.63) is 94.0 Å². The summed E-state index contributed by atoms with van der Waals surface area (Å²) in [6.07, 6.45) is 1.24. The number of hydrogen-bond acceptors (Lipinski definition) is 6. The summed E-state index contributed by atoms with van der Waals surface area (Å²) >= 11 is 0. The lowest BCUT2D eigenvalue weighted by molar-refractivity contribution is -0.384. The number of amides is 2. The van der Waals surface area contributed by atoms with Crippen LogP contribution in [0.3, 0.4) is 0 Å². The topological polar surface area (TPSA) is 108 Å². The van der Waals surface area contributed by atoms with E-state index in [0.717, 1.165) is 24.2 Å². The molecule has 9 nitrogen and oxygen atoms in total. The fourth-order valence-corrected chi connectivity index (χ4v) is 4.32. The molecule has 4 rings (SSSR count). The maximum Gasteiger partial charge on any atom is 0.270 e. The van der Waals surface area contributed by atoms with Crippen molar-refractivity contribution in [3.8, 4) is 0 Å². The van der Waals surface area contributed by atoms with Crippen molar-refractivity contribution in [3.63, 3.8) is 0 Å². The van der Waals surface area contributed by atoms with E-state index >= 15 is 0 Å². The molecule has 0 unspecified atom stereocenters. The monoisotopic (exact) mass is 513 g/mol. The highest BCUT2D eigenvalue weighted by Crippen LogP contribution is 2.39. The second-order valence-electron chi connectivity index (χ2n) is 9.33. The molecule has 2 N–H and O–H groups in total. The van der Waals surface area contributed by atoms with Gasteiger partial charge in [0.05, 0.1) is 16.2 Å². The third-order valence-corrected chi connectivity index (χ3v) is 6.26.